The van der Waals surface area contributed by atoms with Crippen LogP contribution in [0.15, 0.2) is 30.3 Å². The third-order valence-electron chi connectivity index (χ3n) is 2.04. The van der Waals surface area contributed by atoms with Gasteiger partial charge in [-0.1, -0.05) is 37.3 Å². The van der Waals surface area contributed by atoms with E-state index >= 15 is 0 Å². The smallest absolute Gasteiger partial charge is 0.311 e. The Bertz CT molecular complexity index is 347. The average Bonchev–Trinajstić information content (AvgIpc) is 2.30. The number of benzene rings is 1. The third-order valence-corrected chi connectivity index (χ3v) is 2.04. The Morgan fingerprint density at radius 1 is 1.18 bits per heavy atom. The highest BCUT2D eigenvalue weighted by Crippen LogP contribution is 2.02. The van der Waals surface area contributed by atoms with E-state index in [4.69, 9.17) is 5.11 Å². The maximum absolute atomic E-state index is 11.1. The van der Waals surface area contributed by atoms with Gasteiger partial charge in [0.2, 0.25) is 0 Å². The molecule has 0 aromatic heterocycles. The van der Waals surface area contributed by atoms with Crippen molar-refractivity contribution >= 4 is 11.8 Å². The SMILES string of the molecule is CCN(C)C.O=C(O)CC(=O)c1ccccc1. The molecule has 0 radical (unpaired) electrons. The van der Waals surface area contributed by atoms with Crippen LogP contribution in [0.2, 0.25) is 0 Å². The van der Waals surface area contributed by atoms with Gasteiger partial charge in [-0.2, -0.15) is 0 Å². The summed E-state index contributed by atoms with van der Waals surface area (Å²) in [5, 5.41) is 8.32. The van der Waals surface area contributed by atoms with Crippen molar-refractivity contribution in [1.82, 2.24) is 4.90 Å². The van der Waals surface area contributed by atoms with Gasteiger partial charge in [-0.25, -0.2) is 0 Å². The molecule has 0 atom stereocenters. The Labute approximate surface area is 102 Å². The van der Waals surface area contributed by atoms with Gasteiger partial charge in [0, 0.05) is 5.56 Å². The zero-order chi connectivity index (χ0) is 13.3. The molecule has 0 bridgehead atoms. The van der Waals surface area contributed by atoms with Crippen LogP contribution in [0.1, 0.15) is 23.7 Å². The Morgan fingerprint density at radius 2 is 1.65 bits per heavy atom. The summed E-state index contributed by atoms with van der Waals surface area (Å²) >= 11 is 0. The number of carbonyl (C=O) groups excluding carboxylic acids is 1. The van der Waals surface area contributed by atoms with Gasteiger partial charge < -0.3 is 10.0 Å². The quantitative estimate of drug-likeness (QED) is 0.642. The number of nitrogens with zero attached hydrogens (tertiary/aromatic N) is 1. The van der Waals surface area contributed by atoms with Gasteiger partial charge in [-0.05, 0) is 20.6 Å². The Morgan fingerprint density at radius 3 is 2.00 bits per heavy atom. The fourth-order valence-electron chi connectivity index (χ4n) is 0.863. The van der Waals surface area contributed by atoms with E-state index in [1.54, 1.807) is 30.3 Å². The van der Waals surface area contributed by atoms with E-state index in [2.05, 4.69) is 25.9 Å². The lowest BCUT2D eigenvalue weighted by Gasteiger charge is -2.00. The van der Waals surface area contributed by atoms with Crippen LogP contribution >= 0.6 is 0 Å². The van der Waals surface area contributed by atoms with Gasteiger partial charge >= 0.3 is 5.97 Å². The number of carbonyl (C=O) groups is 2. The highest BCUT2D eigenvalue weighted by atomic mass is 16.4. The average molecular weight is 237 g/mol. The van der Waals surface area contributed by atoms with E-state index in [0.717, 1.165) is 6.54 Å². The van der Waals surface area contributed by atoms with E-state index < -0.39 is 12.4 Å². The Hall–Kier alpha value is -1.68. The molecule has 0 spiro atoms. The summed E-state index contributed by atoms with van der Waals surface area (Å²) in [6, 6.07) is 8.39. The second kappa shape index (κ2) is 8.47. The topological polar surface area (TPSA) is 57.6 Å². The zero-order valence-corrected chi connectivity index (χ0v) is 10.5. The van der Waals surface area contributed by atoms with Gasteiger partial charge in [0.05, 0.1) is 0 Å². The van der Waals surface area contributed by atoms with Crippen molar-refractivity contribution in [3.8, 4) is 0 Å². The maximum atomic E-state index is 11.1. The van der Waals surface area contributed by atoms with E-state index in [0.29, 0.717) is 5.56 Å². The molecule has 1 rings (SSSR count). The van der Waals surface area contributed by atoms with E-state index in [1.807, 2.05) is 0 Å². The first kappa shape index (κ1) is 15.3. The molecule has 17 heavy (non-hydrogen) atoms. The predicted octanol–water partition coefficient (Wildman–Crippen LogP) is 1.91. The van der Waals surface area contributed by atoms with Crippen LogP contribution in [0.3, 0.4) is 0 Å². The number of aliphatic carboxylic acids is 1. The lowest BCUT2D eigenvalue weighted by molar-refractivity contribution is -0.135. The molecule has 0 aliphatic heterocycles. The molecule has 4 nitrogen and oxygen atoms in total. The minimum absolute atomic E-state index is 0.358. The maximum Gasteiger partial charge on any atom is 0.311 e. The molecular weight excluding hydrogens is 218 g/mol. The summed E-state index contributed by atoms with van der Waals surface area (Å²) in [7, 11) is 4.11. The van der Waals surface area contributed by atoms with Crippen molar-refractivity contribution in [3.63, 3.8) is 0 Å². The molecule has 0 aliphatic rings. The fraction of sp³-hybridized carbons (Fsp3) is 0.385. The highest BCUT2D eigenvalue weighted by Gasteiger charge is 2.08. The van der Waals surface area contributed by atoms with E-state index in [-0.39, 0.29) is 5.78 Å². The molecule has 0 amide bonds. The molecule has 0 saturated carbocycles. The van der Waals surface area contributed by atoms with Crippen molar-refractivity contribution in [2.24, 2.45) is 0 Å². The van der Waals surface area contributed by atoms with E-state index in [9.17, 15) is 9.59 Å². The lowest BCUT2D eigenvalue weighted by Crippen LogP contribution is -2.08. The lowest BCUT2D eigenvalue weighted by atomic mass is 10.1. The van der Waals surface area contributed by atoms with Crippen LogP contribution in [0.25, 0.3) is 0 Å². The van der Waals surface area contributed by atoms with Crippen LogP contribution in [0.4, 0.5) is 0 Å². The molecule has 1 aromatic rings. The van der Waals surface area contributed by atoms with Crippen LogP contribution in [-0.4, -0.2) is 42.4 Å². The Kier molecular flexibility index (Phi) is 7.63. The molecule has 0 fully saturated rings. The minimum atomic E-state index is -1.09. The second-order valence-electron chi connectivity index (χ2n) is 3.76. The van der Waals surface area contributed by atoms with Crippen LogP contribution in [-0.2, 0) is 4.79 Å². The summed E-state index contributed by atoms with van der Waals surface area (Å²) in [5.74, 6) is -1.45. The van der Waals surface area contributed by atoms with Gasteiger partial charge in [-0.3, -0.25) is 9.59 Å². The monoisotopic (exact) mass is 237 g/mol. The summed E-state index contributed by atoms with van der Waals surface area (Å²) in [4.78, 5) is 23.4. The van der Waals surface area contributed by atoms with Crippen molar-refractivity contribution in [2.45, 2.75) is 13.3 Å². The van der Waals surface area contributed by atoms with Crippen molar-refractivity contribution in [2.75, 3.05) is 20.6 Å². The molecule has 0 heterocycles. The molecule has 0 aliphatic carbocycles. The highest BCUT2D eigenvalue weighted by molar-refractivity contribution is 6.05. The number of Topliss-reactive ketones (excluding diaryl/α,β-unsaturated/α-hetero) is 1. The number of ketones is 1. The molecule has 94 valence electrons. The van der Waals surface area contributed by atoms with Gasteiger partial charge in [-0.15, -0.1) is 0 Å². The first-order valence-corrected chi connectivity index (χ1v) is 5.42. The van der Waals surface area contributed by atoms with Crippen molar-refractivity contribution in [1.29, 1.82) is 0 Å². The normalized spacial score (nSPS) is 9.41. The molecular formula is C13H19NO3. The van der Waals surface area contributed by atoms with Gasteiger partial charge in [0.25, 0.3) is 0 Å². The summed E-state index contributed by atoms with van der Waals surface area (Å²) in [5.41, 5.74) is 0.444. The van der Waals surface area contributed by atoms with Gasteiger partial charge in [0.1, 0.15) is 6.42 Å². The number of carboxylic acid groups (broad SMARTS) is 1. The van der Waals surface area contributed by atoms with Crippen LogP contribution in [0.5, 0.6) is 0 Å². The number of hydrogen-bond donors (Lipinski definition) is 1. The summed E-state index contributed by atoms with van der Waals surface area (Å²) < 4.78 is 0. The minimum Gasteiger partial charge on any atom is -0.481 e. The number of carboxylic acids is 1. The molecule has 1 aromatic carbocycles. The summed E-state index contributed by atoms with van der Waals surface area (Å²) in [6.07, 6.45) is -0.440. The third kappa shape index (κ3) is 8.16. The second-order valence-corrected chi connectivity index (χ2v) is 3.76. The standard InChI is InChI=1S/C9H8O3.C4H11N/c10-8(6-9(11)12)7-4-2-1-3-5-7;1-4-5(2)3/h1-5H,6H2,(H,11,12);4H2,1-3H3. The largest absolute Gasteiger partial charge is 0.481 e. The number of hydrogen-bond acceptors (Lipinski definition) is 3. The zero-order valence-electron chi connectivity index (χ0n) is 10.5. The van der Waals surface area contributed by atoms with Crippen LogP contribution < -0.4 is 0 Å². The molecule has 0 saturated heterocycles. The predicted molar refractivity (Wildman–Crippen MR) is 67.3 cm³/mol. The fourth-order valence-corrected chi connectivity index (χ4v) is 0.863. The van der Waals surface area contributed by atoms with Gasteiger partial charge in [0.15, 0.2) is 5.78 Å². The summed E-state index contributed by atoms with van der Waals surface area (Å²) in [6.45, 7) is 3.26. The Balaban J connectivity index is 0.000000437. The van der Waals surface area contributed by atoms with Crippen molar-refractivity contribution in [3.05, 3.63) is 35.9 Å². The first-order chi connectivity index (χ1) is 7.97. The molecule has 1 N–H and O–H groups in total. The van der Waals surface area contributed by atoms with E-state index in [1.165, 1.54) is 0 Å². The van der Waals surface area contributed by atoms with Crippen molar-refractivity contribution < 1.29 is 14.7 Å². The molecule has 0 unspecified atom stereocenters. The first-order valence-electron chi connectivity index (χ1n) is 5.42. The molecule has 4 heteroatoms. The van der Waals surface area contributed by atoms with Crippen LogP contribution in [0, 0.1) is 0 Å². The number of rotatable bonds is 4.